The van der Waals surface area contributed by atoms with Gasteiger partial charge < -0.3 is 5.32 Å². The zero-order valence-electron chi connectivity index (χ0n) is 14.2. The van der Waals surface area contributed by atoms with Crippen molar-refractivity contribution in [2.24, 2.45) is 0 Å². The van der Waals surface area contributed by atoms with Crippen LogP contribution in [0.1, 0.15) is 11.1 Å². The standard InChI is InChI=1S/C18H18ClN5OS/c1-13-5-2-3-8-16(13)24-18(21-22-23-24)26-12-17(25)20-10-9-14-6-4-7-15(19)11-14/h2-8,11H,9-10,12H2,1H3,(H,20,25). The van der Waals surface area contributed by atoms with Crippen LogP contribution in [0.4, 0.5) is 0 Å². The number of carbonyl (C=O) groups is 1. The second-order valence-corrected chi connectivity index (χ2v) is 7.06. The molecule has 0 saturated carbocycles. The van der Waals surface area contributed by atoms with E-state index in [2.05, 4.69) is 20.8 Å². The molecule has 2 aromatic carbocycles. The maximum Gasteiger partial charge on any atom is 0.230 e. The molecule has 134 valence electrons. The van der Waals surface area contributed by atoms with E-state index in [1.165, 1.54) is 11.8 Å². The summed E-state index contributed by atoms with van der Waals surface area (Å²) < 4.78 is 1.65. The van der Waals surface area contributed by atoms with Crippen molar-refractivity contribution in [3.63, 3.8) is 0 Å². The molecule has 1 aromatic heterocycles. The minimum Gasteiger partial charge on any atom is -0.355 e. The first-order chi connectivity index (χ1) is 12.6. The molecule has 26 heavy (non-hydrogen) atoms. The first-order valence-corrected chi connectivity index (χ1v) is 9.48. The van der Waals surface area contributed by atoms with Gasteiger partial charge in [-0.25, -0.2) is 0 Å². The number of hydrogen-bond donors (Lipinski definition) is 1. The Labute approximate surface area is 160 Å². The van der Waals surface area contributed by atoms with Gasteiger partial charge in [-0.1, -0.05) is 53.7 Å². The van der Waals surface area contributed by atoms with Gasteiger partial charge in [0.1, 0.15) is 0 Å². The molecular weight excluding hydrogens is 370 g/mol. The number of carbonyl (C=O) groups excluding carboxylic acids is 1. The van der Waals surface area contributed by atoms with E-state index in [9.17, 15) is 4.79 Å². The number of para-hydroxylation sites is 1. The molecule has 0 radical (unpaired) electrons. The third-order valence-electron chi connectivity index (χ3n) is 3.74. The number of nitrogens with zero attached hydrogens (tertiary/aromatic N) is 4. The molecule has 0 aliphatic heterocycles. The third kappa shape index (κ3) is 4.83. The summed E-state index contributed by atoms with van der Waals surface area (Å²) >= 11 is 7.27. The number of nitrogens with one attached hydrogen (secondary N) is 1. The first kappa shape index (κ1) is 18.4. The molecule has 1 N–H and O–H groups in total. The quantitative estimate of drug-likeness (QED) is 0.631. The van der Waals surface area contributed by atoms with Crippen LogP contribution >= 0.6 is 23.4 Å². The van der Waals surface area contributed by atoms with Crippen molar-refractivity contribution >= 4 is 29.3 Å². The summed E-state index contributed by atoms with van der Waals surface area (Å²) in [5.41, 5.74) is 3.06. The van der Waals surface area contributed by atoms with Crippen LogP contribution in [0.15, 0.2) is 53.7 Å². The van der Waals surface area contributed by atoms with Crippen molar-refractivity contribution in [1.29, 1.82) is 0 Å². The highest BCUT2D eigenvalue weighted by Crippen LogP contribution is 2.20. The van der Waals surface area contributed by atoms with E-state index in [1.807, 2.05) is 55.5 Å². The molecule has 3 rings (SSSR count). The van der Waals surface area contributed by atoms with Crippen LogP contribution in [0.25, 0.3) is 5.69 Å². The van der Waals surface area contributed by atoms with E-state index >= 15 is 0 Å². The molecule has 0 atom stereocenters. The number of tetrazole rings is 1. The van der Waals surface area contributed by atoms with Gasteiger partial charge in [0, 0.05) is 11.6 Å². The number of aryl methyl sites for hydroxylation is 1. The maximum absolute atomic E-state index is 12.1. The van der Waals surface area contributed by atoms with Gasteiger partial charge in [-0.2, -0.15) is 4.68 Å². The fourth-order valence-corrected chi connectivity index (χ4v) is 3.37. The lowest BCUT2D eigenvalue weighted by Crippen LogP contribution is -2.27. The van der Waals surface area contributed by atoms with Gasteiger partial charge >= 0.3 is 0 Å². The third-order valence-corrected chi connectivity index (χ3v) is 4.90. The molecule has 0 unspecified atom stereocenters. The van der Waals surface area contributed by atoms with Crippen molar-refractivity contribution in [2.75, 3.05) is 12.3 Å². The fourth-order valence-electron chi connectivity index (χ4n) is 2.44. The lowest BCUT2D eigenvalue weighted by atomic mass is 10.1. The molecule has 0 spiro atoms. The highest BCUT2D eigenvalue weighted by Gasteiger charge is 2.12. The zero-order valence-corrected chi connectivity index (χ0v) is 15.8. The number of hydrogen-bond acceptors (Lipinski definition) is 5. The average Bonchev–Trinajstić information content (AvgIpc) is 3.09. The van der Waals surface area contributed by atoms with Crippen LogP contribution in [0.5, 0.6) is 0 Å². The molecule has 0 saturated heterocycles. The second kappa shape index (κ2) is 8.82. The Balaban J connectivity index is 1.51. The van der Waals surface area contributed by atoms with Gasteiger partial charge in [0.2, 0.25) is 11.1 Å². The van der Waals surface area contributed by atoms with Crippen LogP contribution < -0.4 is 5.32 Å². The molecule has 1 heterocycles. The Hall–Kier alpha value is -2.38. The summed E-state index contributed by atoms with van der Waals surface area (Å²) in [4.78, 5) is 12.1. The van der Waals surface area contributed by atoms with Gasteiger partial charge in [0.05, 0.1) is 11.4 Å². The van der Waals surface area contributed by atoms with Crippen molar-refractivity contribution in [2.45, 2.75) is 18.5 Å². The zero-order chi connectivity index (χ0) is 18.4. The normalized spacial score (nSPS) is 10.7. The van der Waals surface area contributed by atoms with Gasteiger partial charge in [0.25, 0.3) is 0 Å². The molecule has 1 amide bonds. The van der Waals surface area contributed by atoms with Crippen molar-refractivity contribution in [1.82, 2.24) is 25.5 Å². The lowest BCUT2D eigenvalue weighted by Gasteiger charge is -2.08. The van der Waals surface area contributed by atoms with E-state index in [-0.39, 0.29) is 11.7 Å². The number of amides is 1. The highest BCUT2D eigenvalue weighted by molar-refractivity contribution is 7.99. The maximum atomic E-state index is 12.1. The Morgan fingerprint density at radius 2 is 2.08 bits per heavy atom. The Kier molecular flexibility index (Phi) is 6.25. The molecule has 0 fully saturated rings. The number of rotatable bonds is 7. The Morgan fingerprint density at radius 1 is 1.23 bits per heavy atom. The minimum absolute atomic E-state index is 0.0589. The number of halogens is 1. The SMILES string of the molecule is Cc1ccccc1-n1nnnc1SCC(=O)NCCc1cccc(Cl)c1. The van der Waals surface area contributed by atoms with E-state index < -0.39 is 0 Å². The Bertz CT molecular complexity index is 899. The summed E-state index contributed by atoms with van der Waals surface area (Å²) in [6, 6.07) is 15.5. The Morgan fingerprint density at radius 3 is 2.88 bits per heavy atom. The highest BCUT2D eigenvalue weighted by atomic mass is 35.5. The lowest BCUT2D eigenvalue weighted by molar-refractivity contribution is -0.118. The van der Waals surface area contributed by atoms with Crippen LogP contribution in [0.3, 0.4) is 0 Å². The smallest absolute Gasteiger partial charge is 0.230 e. The summed E-state index contributed by atoms with van der Waals surface area (Å²) in [7, 11) is 0. The molecule has 0 aliphatic carbocycles. The average molecular weight is 388 g/mol. The minimum atomic E-state index is -0.0589. The molecule has 6 nitrogen and oxygen atoms in total. The van der Waals surface area contributed by atoms with Crippen molar-refractivity contribution in [3.05, 3.63) is 64.7 Å². The van der Waals surface area contributed by atoms with Crippen LogP contribution in [0, 0.1) is 6.92 Å². The van der Waals surface area contributed by atoms with Crippen LogP contribution in [-0.4, -0.2) is 38.4 Å². The largest absolute Gasteiger partial charge is 0.355 e. The van der Waals surface area contributed by atoms with Gasteiger partial charge in [0.15, 0.2) is 0 Å². The molecule has 0 aliphatic rings. The topological polar surface area (TPSA) is 72.7 Å². The van der Waals surface area contributed by atoms with Crippen molar-refractivity contribution < 1.29 is 4.79 Å². The van der Waals surface area contributed by atoms with E-state index in [0.29, 0.717) is 16.7 Å². The predicted molar refractivity (Wildman–Crippen MR) is 103 cm³/mol. The van der Waals surface area contributed by atoms with Gasteiger partial charge in [-0.3, -0.25) is 4.79 Å². The number of benzene rings is 2. The predicted octanol–water partition coefficient (Wildman–Crippen LogP) is 3.08. The summed E-state index contributed by atoms with van der Waals surface area (Å²) in [6.07, 6.45) is 0.734. The summed E-state index contributed by atoms with van der Waals surface area (Å²) in [6.45, 7) is 2.55. The molecule has 0 bridgehead atoms. The molecule has 3 aromatic rings. The van der Waals surface area contributed by atoms with Gasteiger partial charge in [-0.15, -0.1) is 5.10 Å². The monoisotopic (exact) mass is 387 g/mol. The van der Waals surface area contributed by atoms with E-state index in [1.54, 1.807) is 4.68 Å². The van der Waals surface area contributed by atoms with E-state index in [4.69, 9.17) is 11.6 Å². The van der Waals surface area contributed by atoms with Crippen LogP contribution in [0.2, 0.25) is 5.02 Å². The summed E-state index contributed by atoms with van der Waals surface area (Å²) in [5.74, 6) is 0.193. The summed E-state index contributed by atoms with van der Waals surface area (Å²) in [5, 5.41) is 16.0. The first-order valence-electron chi connectivity index (χ1n) is 8.12. The van der Waals surface area contributed by atoms with E-state index in [0.717, 1.165) is 23.2 Å². The van der Waals surface area contributed by atoms with Gasteiger partial charge in [-0.05, 0) is 53.1 Å². The molecule has 8 heteroatoms. The number of aromatic nitrogens is 4. The second-order valence-electron chi connectivity index (χ2n) is 5.68. The molecular formula is C18H18ClN5OS. The van der Waals surface area contributed by atoms with Crippen LogP contribution in [-0.2, 0) is 11.2 Å². The fraction of sp³-hybridized carbons (Fsp3) is 0.222. The van der Waals surface area contributed by atoms with Crippen molar-refractivity contribution in [3.8, 4) is 5.69 Å². The number of thioether (sulfide) groups is 1.